The standard InChI is InChI=1S/C6H13.C2H5.H2N.Ti/c1-5(2)6(3)4;1-2;;/h5H,1-4H3;1H2,2H3;1H2;/q3*-1;+3. The van der Waals surface area contributed by atoms with Crippen LogP contribution >= 0.6 is 0 Å². The van der Waals surface area contributed by atoms with Crippen molar-refractivity contribution in [3.8, 4) is 0 Å². The SMILES string of the molecule is C[C-](C)C(C)C.[CH2-]C.[NH2-].[Ti+3]. The van der Waals surface area contributed by atoms with Gasteiger partial charge in [0.2, 0.25) is 0 Å². The molecule has 2 N–H and O–H groups in total. The second-order valence-corrected chi connectivity index (χ2v) is 2.23. The van der Waals surface area contributed by atoms with Crippen LogP contribution in [-0.4, -0.2) is 0 Å². The first-order chi connectivity index (χ1) is 3.64. The molecule has 0 aromatic heterocycles. The molecule has 0 atom stereocenters. The number of hydrogen-bond acceptors (Lipinski definition) is 0. The fourth-order valence-corrected chi connectivity index (χ4v) is 0. The summed E-state index contributed by atoms with van der Waals surface area (Å²) in [6, 6.07) is 0. The molecule has 0 saturated carbocycles. The second kappa shape index (κ2) is 16.3. The van der Waals surface area contributed by atoms with Gasteiger partial charge >= 0.3 is 21.7 Å². The molecule has 1 nitrogen and oxygen atoms in total. The average molecular weight is 178 g/mol. The zero-order chi connectivity index (χ0) is 7.15. The van der Waals surface area contributed by atoms with Crippen LogP contribution in [0.4, 0.5) is 0 Å². The van der Waals surface area contributed by atoms with Crippen LogP contribution in [0.5, 0.6) is 0 Å². The molecule has 10 heavy (non-hydrogen) atoms. The van der Waals surface area contributed by atoms with Gasteiger partial charge in [-0.1, -0.05) is 13.8 Å². The molecule has 0 aliphatic carbocycles. The van der Waals surface area contributed by atoms with E-state index in [2.05, 4.69) is 34.6 Å². The van der Waals surface area contributed by atoms with E-state index in [0.717, 1.165) is 5.92 Å². The van der Waals surface area contributed by atoms with Gasteiger partial charge in [0.25, 0.3) is 0 Å². The van der Waals surface area contributed by atoms with Crippen LogP contribution in [0.15, 0.2) is 0 Å². The fraction of sp³-hybridized carbons (Fsp3) is 0.750. The van der Waals surface area contributed by atoms with E-state index >= 15 is 0 Å². The predicted octanol–water partition coefficient (Wildman–Crippen LogP) is 3.81. The number of nitrogens with two attached hydrogens (primary N) is 1. The molecule has 61 valence electrons. The summed E-state index contributed by atoms with van der Waals surface area (Å²) in [4.78, 5) is 0. The first-order valence-corrected chi connectivity index (χ1v) is 3.15. The quantitative estimate of drug-likeness (QED) is 0.432. The molecule has 0 aromatic rings. The fourth-order valence-electron chi connectivity index (χ4n) is 0. The molecule has 0 fully saturated rings. The summed E-state index contributed by atoms with van der Waals surface area (Å²) >= 11 is 0. The Labute approximate surface area is 81.4 Å². The van der Waals surface area contributed by atoms with E-state index in [4.69, 9.17) is 0 Å². The molecule has 0 amide bonds. The zero-order valence-corrected chi connectivity index (χ0v) is 9.42. The largest absolute Gasteiger partial charge is 3.00 e. The molecule has 1 radical (unpaired) electrons. The van der Waals surface area contributed by atoms with Crippen molar-refractivity contribution in [1.82, 2.24) is 0 Å². The van der Waals surface area contributed by atoms with Crippen LogP contribution in [-0.2, 0) is 21.7 Å². The topological polar surface area (TPSA) is 33.5 Å². The second-order valence-electron chi connectivity index (χ2n) is 2.23. The van der Waals surface area contributed by atoms with Gasteiger partial charge in [0.15, 0.2) is 0 Å². The molecule has 2 heteroatoms. The minimum Gasteiger partial charge on any atom is -0.693 e. The van der Waals surface area contributed by atoms with Gasteiger partial charge in [0.05, 0.1) is 0 Å². The van der Waals surface area contributed by atoms with Crippen LogP contribution in [0.3, 0.4) is 0 Å². The number of rotatable bonds is 1. The molecular weight excluding hydrogens is 158 g/mol. The summed E-state index contributed by atoms with van der Waals surface area (Å²) in [5, 5.41) is 0. The Morgan fingerprint density at radius 1 is 1.10 bits per heavy atom. The Hall–Kier alpha value is 0.674. The first-order valence-electron chi connectivity index (χ1n) is 3.15. The molecule has 0 aliphatic rings. The van der Waals surface area contributed by atoms with E-state index in [1.54, 1.807) is 6.92 Å². The summed E-state index contributed by atoms with van der Waals surface area (Å²) in [7, 11) is 0. The van der Waals surface area contributed by atoms with Crippen LogP contribution in [0.2, 0.25) is 0 Å². The van der Waals surface area contributed by atoms with E-state index < -0.39 is 0 Å². The summed E-state index contributed by atoms with van der Waals surface area (Å²) in [5.74, 6) is 2.28. The van der Waals surface area contributed by atoms with E-state index in [-0.39, 0.29) is 27.9 Å². The monoisotopic (exact) mass is 178 g/mol. The smallest absolute Gasteiger partial charge is 0.693 e. The van der Waals surface area contributed by atoms with Crippen molar-refractivity contribution in [3.05, 3.63) is 19.0 Å². The summed E-state index contributed by atoms with van der Waals surface area (Å²) in [6.07, 6.45) is 0. The zero-order valence-electron chi connectivity index (χ0n) is 7.86. The molecule has 0 heterocycles. The Kier molecular flexibility index (Phi) is 36.6. The molecule has 0 rings (SSSR count). The third-order valence-corrected chi connectivity index (χ3v) is 1.15. The van der Waals surface area contributed by atoms with Crippen LogP contribution in [0.1, 0.15) is 34.6 Å². The van der Waals surface area contributed by atoms with Gasteiger partial charge in [-0.25, -0.2) is 0 Å². The van der Waals surface area contributed by atoms with E-state index in [1.807, 2.05) is 0 Å². The maximum absolute atomic E-state index is 3.25. The normalized spacial score (nSPS) is 7.20. The maximum atomic E-state index is 3.25. The van der Waals surface area contributed by atoms with Gasteiger partial charge in [0, 0.05) is 0 Å². The average Bonchev–Trinajstić information content (AvgIpc) is 1.72. The third kappa shape index (κ3) is 23.4. The number of hydrogen-bond donors (Lipinski definition) is 0. The van der Waals surface area contributed by atoms with Crippen molar-refractivity contribution in [2.45, 2.75) is 34.6 Å². The third-order valence-electron chi connectivity index (χ3n) is 1.15. The molecule has 0 saturated heterocycles. The summed E-state index contributed by atoms with van der Waals surface area (Å²) < 4.78 is 0. The minimum absolute atomic E-state index is 0. The molecular formula is C8H20NTi. The van der Waals surface area contributed by atoms with Gasteiger partial charge in [-0.2, -0.15) is 26.7 Å². The van der Waals surface area contributed by atoms with Gasteiger partial charge in [-0.3, -0.25) is 0 Å². The van der Waals surface area contributed by atoms with Crippen LogP contribution in [0, 0.1) is 18.8 Å². The van der Waals surface area contributed by atoms with E-state index in [9.17, 15) is 0 Å². The van der Waals surface area contributed by atoms with Gasteiger partial charge in [-0.05, 0) is 0 Å². The Balaban J connectivity index is -0.0000000412. The van der Waals surface area contributed by atoms with Crippen molar-refractivity contribution in [1.29, 1.82) is 0 Å². The van der Waals surface area contributed by atoms with Gasteiger partial charge in [0.1, 0.15) is 0 Å². The summed E-state index contributed by atoms with van der Waals surface area (Å²) in [6.45, 7) is 13.7. The minimum atomic E-state index is 0. The van der Waals surface area contributed by atoms with Gasteiger partial charge in [-0.15, -0.1) is 0 Å². The van der Waals surface area contributed by atoms with Crippen molar-refractivity contribution >= 4 is 0 Å². The van der Waals surface area contributed by atoms with E-state index in [1.165, 1.54) is 5.92 Å². The van der Waals surface area contributed by atoms with Gasteiger partial charge < -0.3 is 19.0 Å². The Bertz CT molecular complexity index is 30.2. The molecule has 0 aromatic carbocycles. The molecule has 0 spiro atoms. The van der Waals surface area contributed by atoms with E-state index in [0.29, 0.717) is 0 Å². The van der Waals surface area contributed by atoms with Crippen molar-refractivity contribution < 1.29 is 21.7 Å². The molecule has 0 aliphatic heterocycles. The van der Waals surface area contributed by atoms with Crippen LogP contribution in [0.25, 0.3) is 6.15 Å². The van der Waals surface area contributed by atoms with Crippen LogP contribution < -0.4 is 0 Å². The predicted molar refractivity (Wildman–Crippen MR) is 45.7 cm³/mol. The Morgan fingerprint density at radius 3 is 1.20 bits per heavy atom. The van der Waals surface area contributed by atoms with Crippen molar-refractivity contribution in [2.75, 3.05) is 0 Å². The maximum Gasteiger partial charge on any atom is 3.00 e. The molecule has 0 bridgehead atoms. The van der Waals surface area contributed by atoms with Crippen molar-refractivity contribution in [3.63, 3.8) is 0 Å². The molecule has 0 unspecified atom stereocenters. The summed E-state index contributed by atoms with van der Waals surface area (Å²) in [5.41, 5.74) is 0. The first kappa shape index (κ1) is 22.4. The van der Waals surface area contributed by atoms with Crippen molar-refractivity contribution in [2.24, 2.45) is 5.92 Å². The Morgan fingerprint density at radius 2 is 1.20 bits per heavy atom.